The van der Waals surface area contributed by atoms with Gasteiger partial charge in [0.15, 0.2) is 0 Å². The normalized spacial score (nSPS) is 22.7. The molecule has 104 valence electrons. The van der Waals surface area contributed by atoms with E-state index in [1.54, 1.807) is 12.1 Å². The van der Waals surface area contributed by atoms with Crippen molar-refractivity contribution in [3.8, 4) is 5.75 Å². The SMILES string of the molecule is Fc1ccc(OCC2CCOC2)c(CNC2CC2)c1. The second-order valence-electron chi connectivity index (χ2n) is 5.45. The topological polar surface area (TPSA) is 30.5 Å². The second kappa shape index (κ2) is 5.88. The van der Waals surface area contributed by atoms with Crippen LogP contribution in [0.5, 0.6) is 5.75 Å². The predicted octanol–water partition coefficient (Wildman–Crippen LogP) is 2.49. The van der Waals surface area contributed by atoms with Crippen molar-refractivity contribution in [1.29, 1.82) is 0 Å². The van der Waals surface area contributed by atoms with Gasteiger partial charge in [0, 0.05) is 30.7 Å². The fourth-order valence-electron chi connectivity index (χ4n) is 2.29. The fraction of sp³-hybridized carbons (Fsp3) is 0.600. The number of hydrogen-bond donors (Lipinski definition) is 1. The molecule has 4 heteroatoms. The molecule has 1 saturated heterocycles. The van der Waals surface area contributed by atoms with Crippen LogP contribution in [-0.2, 0) is 11.3 Å². The molecule has 19 heavy (non-hydrogen) atoms. The quantitative estimate of drug-likeness (QED) is 0.857. The lowest BCUT2D eigenvalue weighted by atomic mass is 10.1. The Bertz CT molecular complexity index is 428. The van der Waals surface area contributed by atoms with Crippen LogP contribution < -0.4 is 10.1 Å². The molecule has 1 atom stereocenters. The van der Waals surface area contributed by atoms with Crippen molar-refractivity contribution in [1.82, 2.24) is 5.32 Å². The molecule has 1 saturated carbocycles. The van der Waals surface area contributed by atoms with Crippen molar-refractivity contribution < 1.29 is 13.9 Å². The first kappa shape index (κ1) is 12.9. The minimum absolute atomic E-state index is 0.204. The molecule has 3 rings (SSSR count). The summed E-state index contributed by atoms with van der Waals surface area (Å²) in [5.41, 5.74) is 0.908. The Hall–Kier alpha value is -1.13. The number of benzene rings is 1. The van der Waals surface area contributed by atoms with E-state index < -0.39 is 0 Å². The second-order valence-corrected chi connectivity index (χ2v) is 5.45. The highest BCUT2D eigenvalue weighted by molar-refractivity contribution is 5.34. The average molecular weight is 265 g/mol. The summed E-state index contributed by atoms with van der Waals surface area (Å²) in [4.78, 5) is 0. The highest BCUT2D eigenvalue weighted by Gasteiger charge is 2.21. The first-order valence-electron chi connectivity index (χ1n) is 7.03. The zero-order valence-electron chi connectivity index (χ0n) is 11.0. The van der Waals surface area contributed by atoms with Crippen LogP contribution >= 0.6 is 0 Å². The van der Waals surface area contributed by atoms with Crippen LogP contribution in [0.4, 0.5) is 4.39 Å². The molecular formula is C15H20FNO2. The van der Waals surface area contributed by atoms with E-state index in [1.807, 2.05) is 0 Å². The summed E-state index contributed by atoms with van der Waals surface area (Å²) >= 11 is 0. The van der Waals surface area contributed by atoms with Gasteiger partial charge in [-0.25, -0.2) is 4.39 Å². The van der Waals surface area contributed by atoms with Crippen molar-refractivity contribution in [3.05, 3.63) is 29.6 Å². The van der Waals surface area contributed by atoms with Gasteiger partial charge < -0.3 is 14.8 Å². The van der Waals surface area contributed by atoms with Crippen LogP contribution in [-0.4, -0.2) is 25.9 Å². The zero-order valence-corrected chi connectivity index (χ0v) is 11.0. The van der Waals surface area contributed by atoms with Gasteiger partial charge in [-0.1, -0.05) is 0 Å². The summed E-state index contributed by atoms with van der Waals surface area (Å²) in [5, 5.41) is 3.40. The Labute approximate surface area is 113 Å². The third-order valence-electron chi connectivity index (χ3n) is 3.68. The molecule has 3 nitrogen and oxygen atoms in total. The van der Waals surface area contributed by atoms with Crippen molar-refractivity contribution in [3.63, 3.8) is 0 Å². The molecule has 1 aliphatic carbocycles. The molecule has 0 amide bonds. The lowest BCUT2D eigenvalue weighted by Gasteiger charge is -2.14. The zero-order chi connectivity index (χ0) is 13.1. The van der Waals surface area contributed by atoms with Gasteiger partial charge in [-0.05, 0) is 37.5 Å². The Morgan fingerprint density at radius 2 is 2.21 bits per heavy atom. The van der Waals surface area contributed by atoms with Gasteiger partial charge in [0.2, 0.25) is 0 Å². The molecule has 0 aromatic heterocycles. The van der Waals surface area contributed by atoms with Gasteiger partial charge in [0.25, 0.3) is 0 Å². The Balaban J connectivity index is 1.60. The summed E-state index contributed by atoms with van der Waals surface area (Å²) in [6.45, 7) is 2.94. The van der Waals surface area contributed by atoms with Gasteiger partial charge in [-0.3, -0.25) is 0 Å². The fourth-order valence-corrected chi connectivity index (χ4v) is 2.29. The van der Waals surface area contributed by atoms with Crippen LogP contribution in [0.1, 0.15) is 24.8 Å². The molecule has 0 radical (unpaired) electrons. The Morgan fingerprint density at radius 1 is 1.32 bits per heavy atom. The molecule has 1 unspecified atom stereocenters. The number of halogens is 1. The van der Waals surface area contributed by atoms with Gasteiger partial charge in [-0.15, -0.1) is 0 Å². The molecule has 2 fully saturated rings. The van der Waals surface area contributed by atoms with E-state index in [4.69, 9.17) is 9.47 Å². The Morgan fingerprint density at radius 3 is 2.95 bits per heavy atom. The molecule has 0 spiro atoms. The van der Waals surface area contributed by atoms with Gasteiger partial charge >= 0.3 is 0 Å². The summed E-state index contributed by atoms with van der Waals surface area (Å²) in [7, 11) is 0. The van der Waals surface area contributed by atoms with Crippen molar-refractivity contribution in [2.75, 3.05) is 19.8 Å². The number of ether oxygens (including phenoxy) is 2. The number of hydrogen-bond acceptors (Lipinski definition) is 3. The van der Waals surface area contributed by atoms with E-state index >= 15 is 0 Å². The van der Waals surface area contributed by atoms with Gasteiger partial charge in [0.05, 0.1) is 13.2 Å². The predicted molar refractivity (Wildman–Crippen MR) is 70.7 cm³/mol. The van der Waals surface area contributed by atoms with Crippen molar-refractivity contribution in [2.24, 2.45) is 5.92 Å². The number of rotatable bonds is 6. The van der Waals surface area contributed by atoms with E-state index in [0.717, 1.165) is 30.9 Å². The van der Waals surface area contributed by atoms with Gasteiger partial charge in [-0.2, -0.15) is 0 Å². The third-order valence-corrected chi connectivity index (χ3v) is 3.68. The molecule has 0 bridgehead atoms. The van der Waals surface area contributed by atoms with E-state index in [0.29, 0.717) is 25.1 Å². The summed E-state index contributed by atoms with van der Waals surface area (Å²) < 4.78 is 24.5. The van der Waals surface area contributed by atoms with E-state index in [1.165, 1.54) is 18.9 Å². The molecule has 1 heterocycles. The summed E-state index contributed by atoms with van der Waals surface area (Å²) in [6.07, 6.45) is 3.51. The maximum Gasteiger partial charge on any atom is 0.123 e. The third kappa shape index (κ3) is 3.67. The minimum atomic E-state index is -0.204. The van der Waals surface area contributed by atoms with Crippen molar-refractivity contribution in [2.45, 2.75) is 31.8 Å². The van der Waals surface area contributed by atoms with Gasteiger partial charge in [0.1, 0.15) is 11.6 Å². The number of nitrogens with one attached hydrogen (secondary N) is 1. The molecule has 2 aliphatic rings. The van der Waals surface area contributed by atoms with E-state index in [9.17, 15) is 4.39 Å². The lowest BCUT2D eigenvalue weighted by Crippen LogP contribution is -2.17. The van der Waals surface area contributed by atoms with Crippen LogP contribution in [0.2, 0.25) is 0 Å². The molecule has 1 aliphatic heterocycles. The summed E-state index contributed by atoms with van der Waals surface area (Å²) in [5.74, 6) is 1.06. The minimum Gasteiger partial charge on any atom is -0.493 e. The highest BCUT2D eigenvalue weighted by Crippen LogP contribution is 2.24. The van der Waals surface area contributed by atoms with Crippen LogP contribution in [0, 0.1) is 11.7 Å². The maximum absolute atomic E-state index is 13.3. The smallest absolute Gasteiger partial charge is 0.123 e. The first-order chi connectivity index (χ1) is 9.31. The summed E-state index contributed by atoms with van der Waals surface area (Å²) in [6, 6.07) is 5.37. The lowest BCUT2D eigenvalue weighted by molar-refractivity contribution is 0.166. The standard InChI is InChI=1S/C15H20FNO2/c16-13-1-4-15(19-10-11-5-6-18-9-11)12(7-13)8-17-14-2-3-14/h1,4,7,11,14,17H,2-3,5-6,8-10H2. The van der Waals surface area contributed by atoms with Crippen LogP contribution in [0.3, 0.4) is 0 Å². The molecule has 1 aromatic carbocycles. The maximum atomic E-state index is 13.3. The average Bonchev–Trinajstić information content (AvgIpc) is 3.10. The molecule has 1 N–H and O–H groups in total. The Kier molecular flexibility index (Phi) is 3.99. The largest absolute Gasteiger partial charge is 0.493 e. The molecule has 1 aromatic rings. The first-order valence-corrected chi connectivity index (χ1v) is 7.03. The monoisotopic (exact) mass is 265 g/mol. The van der Waals surface area contributed by atoms with Crippen LogP contribution in [0.25, 0.3) is 0 Å². The molecular weight excluding hydrogens is 245 g/mol. The van der Waals surface area contributed by atoms with E-state index in [-0.39, 0.29) is 5.82 Å². The van der Waals surface area contributed by atoms with Crippen LogP contribution in [0.15, 0.2) is 18.2 Å². The highest BCUT2D eigenvalue weighted by atomic mass is 19.1. The van der Waals surface area contributed by atoms with Crippen molar-refractivity contribution >= 4 is 0 Å². The van der Waals surface area contributed by atoms with E-state index in [2.05, 4.69) is 5.32 Å².